The van der Waals surface area contributed by atoms with E-state index >= 15 is 0 Å². The second-order valence-electron chi connectivity index (χ2n) is 7.09. The lowest BCUT2D eigenvalue weighted by Gasteiger charge is -2.14. The van der Waals surface area contributed by atoms with E-state index in [2.05, 4.69) is 16.0 Å². The third-order valence-electron chi connectivity index (χ3n) is 5.24. The van der Waals surface area contributed by atoms with Crippen molar-refractivity contribution in [1.29, 1.82) is 0 Å². The number of hydrogen-bond donors (Lipinski definition) is 4. The fraction of sp³-hybridized carbons (Fsp3) is 0.579. The zero-order valence-electron chi connectivity index (χ0n) is 14.9. The molecule has 0 spiro atoms. The maximum Gasteiger partial charge on any atom is 0.251 e. The molecule has 2 amide bonds. The van der Waals surface area contributed by atoms with Gasteiger partial charge in [0.25, 0.3) is 5.91 Å². The number of carbonyl (C=O) groups is 2. The Morgan fingerprint density at radius 3 is 2.38 bits per heavy atom. The molecule has 0 radical (unpaired) electrons. The molecule has 0 aromatic heterocycles. The summed E-state index contributed by atoms with van der Waals surface area (Å²) in [7, 11) is 0. The third-order valence-corrected chi connectivity index (χ3v) is 5.24. The Hall–Kier alpha value is -1.63. The minimum Gasteiger partial charge on any atom is -0.391 e. The lowest BCUT2D eigenvalue weighted by Crippen LogP contribution is -2.34. The second kappa shape index (κ2) is 9.90. The van der Waals surface area contributed by atoms with Crippen molar-refractivity contribution in [3.05, 3.63) is 35.4 Å². The van der Waals surface area contributed by atoms with Gasteiger partial charge in [0.1, 0.15) is 0 Å². The Kier molecular flexibility index (Phi) is 7.87. The van der Waals surface area contributed by atoms with Crippen LogP contribution < -0.4 is 16.0 Å². The fourth-order valence-corrected chi connectivity index (χ4v) is 3.55. The number of aliphatic hydroxyl groups excluding tert-OH is 1. The van der Waals surface area contributed by atoms with E-state index in [1.54, 1.807) is 12.1 Å². The van der Waals surface area contributed by atoms with Gasteiger partial charge in [0.05, 0.1) is 6.10 Å². The first kappa shape index (κ1) is 20.7. The summed E-state index contributed by atoms with van der Waals surface area (Å²) in [6.45, 7) is 2.27. The first-order valence-corrected chi connectivity index (χ1v) is 9.17. The van der Waals surface area contributed by atoms with Gasteiger partial charge in [-0.15, -0.1) is 12.4 Å². The SMILES string of the molecule is Cl.O=C(NCC1CNCC1O)c1ccc(CNC(=O)C2CCCC2)cc1. The number of hydrogen-bond acceptors (Lipinski definition) is 4. The summed E-state index contributed by atoms with van der Waals surface area (Å²) in [4.78, 5) is 24.2. The Morgan fingerprint density at radius 1 is 1.08 bits per heavy atom. The number of nitrogens with one attached hydrogen (secondary N) is 3. The quantitative estimate of drug-likeness (QED) is 0.596. The molecule has 1 saturated carbocycles. The predicted molar refractivity (Wildman–Crippen MR) is 102 cm³/mol. The predicted octanol–water partition coefficient (Wildman–Crippen LogP) is 1.22. The van der Waals surface area contributed by atoms with Crippen LogP contribution in [0.2, 0.25) is 0 Å². The van der Waals surface area contributed by atoms with Crippen molar-refractivity contribution in [2.45, 2.75) is 38.3 Å². The van der Waals surface area contributed by atoms with Gasteiger partial charge in [0.2, 0.25) is 5.91 Å². The molecule has 0 bridgehead atoms. The number of β-amino-alcohol motifs (C(OH)–C–C–N with tert-alkyl or cyclic N) is 1. The number of aliphatic hydroxyl groups is 1. The van der Waals surface area contributed by atoms with Gasteiger partial charge in [-0.1, -0.05) is 25.0 Å². The molecule has 26 heavy (non-hydrogen) atoms. The van der Waals surface area contributed by atoms with Crippen LogP contribution in [0.4, 0.5) is 0 Å². The summed E-state index contributed by atoms with van der Waals surface area (Å²) in [6.07, 6.45) is 3.89. The molecule has 7 heteroatoms. The summed E-state index contributed by atoms with van der Waals surface area (Å²) in [6, 6.07) is 7.29. The molecule has 1 aliphatic heterocycles. The first-order chi connectivity index (χ1) is 12.1. The fourth-order valence-electron chi connectivity index (χ4n) is 3.55. The van der Waals surface area contributed by atoms with Crippen molar-refractivity contribution in [3.8, 4) is 0 Å². The molecular formula is C19H28ClN3O3. The number of halogens is 1. The second-order valence-corrected chi connectivity index (χ2v) is 7.09. The highest BCUT2D eigenvalue weighted by molar-refractivity contribution is 5.94. The van der Waals surface area contributed by atoms with Gasteiger partial charge < -0.3 is 21.1 Å². The largest absolute Gasteiger partial charge is 0.391 e. The van der Waals surface area contributed by atoms with Crippen LogP contribution in [0.25, 0.3) is 0 Å². The zero-order valence-corrected chi connectivity index (χ0v) is 15.7. The number of carbonyl (C=O) groups excluding carboxylic acids is 2. The molecule has 2 unspecified atom stereocenters. The van der Waals surface area contributed by atoms with Crippen molar-refractivity contribution in [1.82, 2.24) is 16.0 Å². The van der Waals surface area contributed by atoms with Crippen molar-refractivity contribution < 1.29 is 14.7 Å². The first-order valence-electron chi connectivity index (χ1n) is 9.17. The average molecular weight is 382 g/mol. The Labute approximate surface area is 160 Å². The molecule has 2 atom stereocenters. The van der Waals surface area contributed by atoms with E-state index in [0.29, 0.717) is 25.2 Å². The van der Waals surface area contributed by atoms with Crippen LogP contribution in [0.3, 0.4) is 0 Å². The molecule has 3 rings (SSSR count). The molecule has 144 valence electrons. The van der Waals surface area contributed by atoms with Gasteiger partial charge in [0.15, 0.2) is 0 Å². The monoisotopic (exact) mass is 381 g/mol. The van der Waals surface area contributed by atoms with E-state index in [4.69, 9.17) is 0 Å². The van der Waals surface area contributed by atoms with Gasteiger partial charge in [-0.05, 0) is 30.5 Å². The number of benzene rings is 1. The number of amides is 2. The van der Waals surface area contributed by atoms with E-state index in [0.717, 1.165) is 37.8 Å². The molecule has 2 aliphatic rings. The summed E-state index contributed by atoms with van der Waals surface area (Å²) in [5.74, 6) is 0.239. The summed E-state index contributed by atoms with van der Waals surface area (Å²) < 4.78 is 0. The van der Waals surface area contributed by atoms with Crippen LogP contribution in [0.1, 0.15) is 41.6 Å². The van der Waals surface area contributed by atoms with Gasteiger partial charge in [0, 0.05) is 43.6 Å². The molecule has 1 aromatic carbocycles. The molecular weight excluding hydrogens is 354 g/mol. The minimum absolute atomic E-state index is 0. The van der Waals surface area contributed by atoms with Crippen molar-refractivity contribution >= 4 is 24.2 Å². The van der Waals surface area contributed by atoms with Crippen LogP contribution >= 0.6 is 12.4 Å². The molecule has 1 heterocycles. The van der Waals surface area contributed by atoms with E-state index < -0.39 is 6.10 Å². The normalized spacial score (nSPS) is 22.7. The van der Waals surface area contributed by atoms with Crippen LogP contribution in [0.15, 0.2) is 24.3 Å². The molecule has 4 N–H and O–H groups in total. The minimum atomic E-state index is -0.397. The Bertz CT molecular complexity index is 603. The lowest BCUT2D eigenvalue weighted by molar-refractivity contribution is -0.124. The molecule has 6 nitrogen and oxygen atoms in total. The lowest BCUT2D eigenvalue weighted by atomic mass is 10.1. The van der Waals surface area contributed by atoms with Crippen molar-refractivity contribution in [2.24, 2.45) is 11.8 Å². The summed E-state index contributed by atoms with van der Waals surface area (Å²) >= 11 is 0. The topological polar surface area (TPSA) is 90.5 Å². The third kappa shape index (κ3) is 5.43. The van der Waals surface area contributed by atoms with Crippen LogP contribution in [0.5, 0.6) is 0 Å². The number of rotatable bonds is 6. The molecule has 1 aromatic rings. The van der Waals surface area contributed by atoms with E-state index in [-0.39, 0.29) is 36.1 Å². The Morgan fingerprint density at radius 2 is 1.77 bits per heavy atom. The van der Waals surface area contributed by atoms with Crippen molar-refractivity contribution in [2.75, 3.05) is 19.6 Å². The van der Waals surface area contributed by atoms with Crippen LogP contribution in [0, 0.1) is 11.8 Å². The van der Waals surface area contributed by atoms with Gasteiger partial charge in [-0.2, -0.15) is 0 Å². The highest BCUT2D eigenvalue weighted by atomic mass is 35.5. The summed E-state index contributed by atoms with van der Waals surface area (Å²) in [5, 5.41) is 18.7. The Balaban J connectivity index is 0.00000243. The summed E-state index contributed by atoms with van der Waals surface area (Å²) in [5.41, 5.74) is 1.57. The van der Waals surface area contributed by atoms with E-state index in [9.17, 15) is 14.7 Å². The van der Waals surface area contributed by atoms with Gasteiger partial charge in [-0.3, -0.25) is 9.59 Å². The van der Waals surface area contributed by atoms with Crippen molar-refractivity contribution in [3.63, 3.8) is 0 Å². The maximum atomic E-state index is 12.2. The molecule has 2 fully saturated rings. The molecule has 1 aliphatic carbocycles. The van der Waals surface area contributed by atoms with E-state index in [1.807, 2.05) is 12.1 Å². The average Bonchev–Trinajstić information content (AvgIpc) is 3.30. The van der Waals surface area contributed by atoms with Crippen LogP contribution in [-0.4, -0.2) is 42.7 Å². The highest BCUT2D eigenvalue weighted by Crippen LogP contribution is 2.24. The van der Waals surface area contributed by atoms with Gasteiger partial charge in [-0.25, -0.2) is 0 Å². The van der Waals surface area contributed by atoms with Gasteiger partial charge >= 0.3 is 0 Å². The highest BCUT2D eigenvalue weighted by Gasteiger charge is 2.25. The standard InChI is InChI=1S/C19H27N3O3.ClH/c23-17-12-20-10-16(17)11-22-19(25)15-7-5-13(6-8-15)9-21-18(24)14-3-1-2-4-14;/h5-8,14,16-17,20,23H,1-4,9-12H2,(H,21,24)(H,22,25);1H. The smallest absolute Gasteiger partial charge is 0.251 e. The van der Waals surface area contributed by atoms with Crippen LogP contribution in [-0.2, 0) is 11.3 Å². The zero-order chi connectivity index (χ0) is 17.6. The van der Waals surface area contributed by atoms with E-state index in [1.165, 1.54) is 0 Å². The molecule has 1 saturated heterocycles. The maximum absolute atomic E-state index is 12.2.